The lowest BCUT2D eigenvalue weighted by molar-refractivity contribution is 0.321. The summed E-state index contributed by atoms with van der Waals surface area (Å²) in [6.45, 7) is 0. The molecule has 1 heterocycles. The highest BCUT2D eigenvalue weighted by Crippen LogP contribution is 2.53. The van der Waals surface area contributed by atoms with Crippen LogP contribution in [0, 0.1) is 17.8 Å². The molecule has 0 aromatic rings. The Hall–Kier alpha value is -0.460. The Bertz CT molecular complexity index is 195. The van der Waals surface area contributed by atoms with E-state index in [-0.39, 0.29) is 0 Å². The molecular weight excluding hydrogens is 124 g/mol. The molecule has 0 aromatic heterocycles. The number of fused-ring (bicyclic) bond motifs is 2. The van der Waals surface area contributed by atoms with Gasteiger partial charge in [-0.05, 0) is 31.1 Å². The summed E-state index contributed by atoms with van der Waals surface area (Å²) in [5.74, 6) is 4.21. The van der Waals surface area contributed by atoms with E-state index in [1.165, 1.54) is 31.4 Å². The van der Waals surface area contributed by atoms with Crippen LogP contribution in [0.1, 0.15) is 25.7 Å². The van der Waals surface area contributed by atoms with E-state index in [9.17, 15) is 0 Å². The third-order valence-corrected chi connectivity index (χ3v) is 3.36. The first kappa shape index (κ1) is 5.22. The van der Waals surface area contributed by atoms with Gasteiger partial charge in [0.25, 0.3) is 0 Å². The average Bonchev–Trinajstić information content (AvgIpc) is 2.60. The van der Waals surface area contributed by atoms with Crippen molar-refractivity contribution in [3.05, 3.63) is 12.0 Å². The smallest absolute Gasteiger partial charge is 0.142 e. The Morgan fingerprint density at radius 3 is 2.70 bits per heavy atom. The Labute approximate surface area is 61.1 Å². The second-order valence-electron chi connectivity index (χ2n) is 3.92. The van der Waals surface area contributed by atoms with Gasteiger partial charge >= 0.3 is 0 Å². The summed E-state index contributed by atoms with van der Waals surface area (Å²) in [5, 5.41) is 0. The molecule has 0 saturated heterocycles. The monoisotopic (exact) mass is 136 g/mol. The Balaban J connectivity index is 1.83. The maximum absolute atomic E-state index is 5.14. The first-order valence-corrected chi connectivity index (χ1v) is 4.30. The maximum Gasteiger partial charge on any atom is 0.142 e. The SMILES string of the molecule is C1=C(C2CC3CCC2C3)O1. The zero-order valence-electron chi connectivity index (χ0n) is 6.05. The van der Waals surface area contributed by atoms with E-state index in [1.807, 2.05) is 6.26 Å². The molecule has 2 saturated carbocycles. The molecule has 10 heavy (non-hydrogen) atoms. The fourth-order valence-corrected chi connectivity index (χ4v) is 2.80. The molecule has 2 bridgehead atoms. The van der Waals surface area contributed by atoms with Gasteiger partial charge in [0.2, 0.25) is 0 Å². The fourth-order valence-electron chi connectivity index (χ4n) is 2.80. The summed E-state index contributed by atoms with van der Waals surface area (Å²) < 4.78 is 5.14. The third kappa shape index (κ3) is 0.582. The minimum atomic E-state index is 0.846. The van der Waals surface area contributed by atoms with Crippen LogP contribution in [0.2, 0.25) is 0 Å². The van der Waals surface area contributed by atoms with Crippen molar-refractivity contribution in [1.29, 1.82) is 0 Å². The molecule has 3 atom stereocenters. The summed E-state index contributed by atoms with van der Waals surface area (Å²) in [6, 6.07) is 0. The third-order valence-electron chi connectivity index (χ3n) is 3.36. The van der Waals surface area contributed by atoms with Gasteiger partial charge in [0.05, 0.1) is 0 Å². The van der Waals surface area contributed by atoms with Crippen molar-refractivity contribution in [2.24, 2.45) is 17.8 Å². The molecule has 54 valence electrons. The molecule has 3 unspecified atom stereocenters. The van der Waals surface area contributed by atoms with Crippen LogP contribution in [0.25, 0.3) is 0 Å². The standard InChI is InChI=1S/C9H12O/c1-2-7-3-6(1)4-8(7)9-5-10-9/h5-8H,1-4H2. The topological polar surface area (TPSA) is 12.5 Å². The van der Waals surface area contributed by atoms with Gasteiger partial charge < -0.3 is 4.74 Å². The lowest BCUT2D eigenvalue weighted by atomic mass is 9.89. The normalized spacial score (nSPS) is 48.8. The minimum Gasteiger partial charge on any atom is -0.462 e. The lowest BCUT2D eigenvalue weighted by Crippen LogP contribution is -2.08. The second kappa shape index (κ2) is 1.58. The van der Waals surface area contributed by atoms with Crippen molar-refractivity contribution in [2.75, 3.05) is 0 Å². The van der Waals surface area contributed by atoms with E-state index in [0.717, 1.165) is 17.8 Å². The van der Waals surface area contributed by atoms with Crippen molar-refractivity contribution in [3.63, 3.8) is 0 Å². The molecular formula is C9H12O. The summed E-state index contributed by atoms with van der Waals surface area (Å²) in [5.41, 5.74) is 0. The minimum absolute atomic E-state index is 0.846. The molecule has 0 amide bonds. The van der Waals surface area contributed by atoms with E-state index in [4.69, 9.17) is 4.74 Å². The molecule has 3 rings (SSSR count). The van der Waals surface area contributed by atoms with Crippen molar-refractivity contribution in [3.8, 4) is 0 Å². The number of ether oxygens (including phenoxy) is 1. The predicted molar refractivity (Wildman–Crippen MR) is 38.1 cm³/mol. The molecule has 1 aliphatic heterocycles. The largest absolute Gasteiger partial charge is 0.462 e. The first-order chi connectivity index (χ1) is 4.93. The van der Waals surface area contributed by atoms with Crippen LogP contribution in [0.3, 0.4) is 0 Å². The Morgan fingerprint density at radius 1 is 1.30 bits per heavy atom. The zero-order chi connectivity index (χ0) is 6.55. The van der Waals surface area contributed by atoms with Gasteiger partial charge in [-0.25, -0.2) is 0 Å². The summed E-state index contributed by atoms with van der Waals surface area (Å²) >= 11 is 0. The number of allylic oxidation sites excluding steroid dienone is 1. The van der Waals surface area contributed by atoms with Crippen molar-refractivity contribution >= 4 is 0 Å². The number of hydrogen-bond donors (Lipinski definition) is 0. The van der Waals surface area contributed by atoms with E-state index in [2.05, 4.69) is 0 Å². The second-order valence-corrected chi connectivity index (χ2v) is 3.92. The molecule has 3 aliphatic rings. The molecule has 2 fully saturated rings. The highest BCUT2D eigenvalue weighted by molar-refractivity contribution is 5.13. The summed E-state index contributed by atoms with van der Waals surface area (Å²) in [7, 11) is 0. The van der Waals surface area contributed by atoms with Crippen LogP contribution >= 0.6 is 0 Å². The fraction of sp³-hybridized carbons (Fsp3) is 0.778. The van der Waals surface area contributed by atoms with E-state index < -0.39 is 0 Å². The van der Waals surface area contributed by atoms with E-state index >= 15 is 0 Å². The van der Waals surface area contributed by atoms with Crippen molar-refractivity contribution in [1.82, 2.24) is 0 Å². The molecule has 1 nitrogen and oxygen atoms in total. The van der Waals surface area contributed by atoms with Crippen LogP contribution in [-0.4, -0.2) is 0 Å². The summed E-state index contributed by atoms with van der Waals surface area (Å²) in [4.78, 5) is 0. The van der Waals surface area contributed by atoms with Crippen molar-refractivity contribution < 1.29 is 4.74 Å². The van der Waals surface area contributed by atoms with Crippen LogP contribution in [0.15, 0.2) is 12.0 Å². The zero-order valence-corrected chi connectivity index (χ0v) is 6.05. The maximum atomic E-state index is 5.14. The van der Waals surface area contributed by atoms with Crippen LogP contribution in [0.4, 0.5) is 0 Å². The van der Waals surface area contributed by atoms with Gasteiger partial charge in [0, 0.05) is 5.92 Å². The quantitative estimate of drug-likeness (QED) is 0.538. The molecule has 0 aromatic carbocycles. The van der Waals surface area contributed by atoms with Gasteiger partial charge in [-0.15, -0.1) is 0 Å². The molecule has 0 radical (unpaired) electrons. The highest BCUT2D eigenvalue weighted by Gasteiger charge is 2.44. The average molecular weight is 136 g/mol. The van der Waals surface area contributed by atoms with Gasteiger partial charge in [-0.2, -0.15) is 0 Å². The van der Waals surface area contributed by atoms with Gasteiger partial charge in [-0.1, -0.05) is 6.42 Å². The molecule has 1 heteroatoms. The van der Waals surface area contributed by atoms with E-state index in [1.54, 1.807) is 0 Å². The van der Waals surface area contributed by atoms with Gasteiger partial charge in [-0.3, -0.25) is 0 Å². The Morgan fingerprint density at radius 2 is 2.20 bits per heavy atom. The Kier molecular flexibility index (Phi) is 0.825. The molecule has 2 aliphatic carbocycles. The van der Waals surface area contributed by atoms with Gasteiger partial charge in [0.15, 0.2) is 0 Å². The number of rotatable bonds is 1. The number of hydrogen-bond acceptors (Lipinski definition) is 1. The summed E-state index contributed by atoms with van der Waals surface area (Å²) in [6.07, 6.45) is 7.82. The van der Waals surface area contributed by atoms with E-state index in [0.29, 0.717) is 0 Å². The molecule has 0 N–H and O–H groups in total. The van der Waals surface area contributed by atoms with Gasteiger partial charge in [0.1, 0.15) is 12.0 Å². The lowest BCUT2D eigenvalue weighted by Gasteiger charge is -2.16. The first-order valence-electron chi connectivity index (χ1n) is 4.30. The predicted octanol–water partition coefficient (Wildman–Crippen LogP) is 2.29. The van der Waals surface area contributed by atoms with Crippen LogP contribution < -0.4 is 0 Å². The highest BCUT2D eigenvalue weighted by atomic mass is 16.5. The molecule has 0 spiro atoms. The van der Waals surface area contributed by atoms with Crippen LogP contribution in [0.5, 0.6) is 0 Å². The van der Waals surface area contributed by atoms with Crippen LogP contribution in [-0.2, 0) is 4.74 Å². The van der Waals surface area contributed by atoms with Crippen molar-refractivity contribution in [2.45, 2.75) is 25.7 Å².